The van der Waals surface area contributed by atoms with Crippen molar-refractivity contribution in [3.63, 3.8) is 0 Å². The summed E-state index contributed by atoms with van der Waals surface area (Å²) < 4.78 is 10.5. The first-order valence-corrected chi connectivity index (χ1v) is 14.1. The quantitative estimate of drug-likeness (QED) is 0.177. The van der Waals surface area contributed by atoms with Crippen LogP contribution in [0.1, 0.15) is 107 Å². The van der Waals surface area contributed by atoms with Crippen molar-refractivity contribution in [3.05, 3.63) is 0 Å². The van der Waals surface area contributed by atoms with E-state index in [1.54, 1.807) is 27.7 Å². The molecule has 0 aromatic carbocycles. The molecule has 0 bridgehead atoms. The van der Waals surface area contributed by atoms with Gasteiger partial charge in [-0.05, 0) is 25.7 Å². The van der Waals surface area contributed by atoms with Crippen LogP contribution in [-0.4, -0.2) is 47.3 Å². The van der Waals surface area contributed by atoms with Crippen molar-refractivity contribution in [3.8, 4) is 0 Å². The van der Waals surface area contributed by atoms with E-state index >= 15 is 0 Å². The first-order chi connectivity index (χ1) is 17.2. The summed E-state index contributed by atoms with van der Waals surface area (Å²) in [5.74, 6) is -8.37. The maximum absolute atomic E-state index is 11.3. The van der Waals surface area contributed by atoms with Gasteiger partial charge in [0.1, 0.15) is 35.0 Å². The van der Waals surface area contributed by atoms with E-state index < -0.39 is 66.8 Å². The van der Waals surface area contributed by atoms with Crippen LogP contribution in [0, 0.1) is 11.8 Å². The smallest absolute Gasteiger partial charge is 0.148 e. The van der Waals surface area contributed by atoms with Crippen LogP contribution in [0.4, 0.5) is 0 Å². The van der Waals surface area contributed by atoms with E-state index in [0.29, 0.717) is 37.9 Å². The number of hydrogen-bond donors (Lipinski definition) is 0. The molecule has 0 spiro atoms. The standard InChI is InChI=1S/2C10H16O4.2C3H7O.Ti/c2*1-3-5-7(11)9(10(13)14)8(12)6-4-2;2*1-3(2)4;/h2*9H,3-6H2,1-2H3,(H,13,14);2*3H,1-2H3;/q;;2*-1;+4/p-2. The van der Waals surface area contributed by atoms with Gasteiger partial charge in [0.15, 0.2) is 0 Å². The van der Waals surface area contributed by atoms with Gasteiger partial charge in [-0.3, -0.25) is 19.2 Å². The predicted octanol–water partition coefficient (Wildman–Crippen LogP) is 1.93. The maximum atomic E-state index is 11.3. The molecule has 0 fully saturated rings. The molecule has 10 nitrogen and oxygen atoms in total. The number of aliphatic carboxylic acids is 2. The molecule has 0 N–H and O–H groups in total. The number of carbonyl (C=O) groups excluding carboxylic acids is 6. The molecule has 0 atom stereocenters. The van der Waals surface area contributed by atoms with Gasteiger partial charge in [-0.2, -0.15) is 0 Å². The number of carboxylic acids is 2. The van der Waals surface area contributed by atoms with Crippen LogP contribution in [0.5, 0.6) is 0 Å². The van der Waals surface area contributed by atoms with E-state index in [1.807, 2.05) is 27.7 Å². The third-order valence-electron chi connectivity index (χ3n) is 4.31. The van der Waals surface area contributed by atoms with Gasteiger partial charge in [-0.1, -0.05) is 27.7 Å². The Labute approximate surface area is 231 Å². The Kier molecular flexibility index (Phi) is 26.4. The van der Waals surface area contributed by atoms with E-state index in [2.05, 4.69) is 0 Å². The monoisotopic (exact) mass is 564 g/mol. The summed E-state index contributed by atoms with van der Waals surface area (Å²) in [6.07, 6.45) is 3.30. The molecule has 0 saturated heterocycles. The summed E-state index contributed by atoms with van der Waals surface area (Å²) >= 11 is -0.574. The summed E-state index contributed by atoms with van der Waals surface area (Å²) in [5.41, 5.74) is 0. The Balaban J connectivity index is -0.000000481. The summed E-state index contributed by atoms with van der Waals surface area (Å²) in [7, 11) is 0. The Bertz CT molecular complexity index is 609. The van der Waals surface area contributed by atoms with Gasteiger partial charge in [0.2, 0.25) is 0 Å². The fourth-order valence-electron chi connectivity index (χ4n) is 2.67. The molecular weight excluding hydrogens is 520 g/mol. The number of carbonyl (C=O) groups is 6. The predicted molar refractivity (Wildman–Crippen MR) is 129 cm³/mol. The zero-order valence-electron chi connectivity index (χ0n) is 23.5. The van der Waals surface area contributed by atoms with Gasteiger partial charge >= 0.3 is 66.5 Å². The normalized spacial score (nSPS) is 10.3. The minimum Gasteiger partial charge on any atom is -0.549 e. The molecule has 0 aromatic rings. The van der Waals surface area contributed by atoms with E-state index in [1.165, 1.54) is 0 Å². The number of rotatable bonds is 18. The van der Waals surface area contributed by atoms with Crippen molar-refractivity contribution in [1.29, 1.82) is 0 Å². The molecule has 11 heteroatoms. The molecule has 212 valence electrons. The van der Waals surface area contributed by atoms with Gasteiger partial charge in [-0.25, -0.2) is 0 Å². The molecule has 0 aliphatic heterocycles. The number of hydrogen-bond acceptors (Lipinski definition) is 10. The van der Waals surface area contributed by atoms with Gasteiger partial charge < -0.3 is 19.8 Å². The van der Waals surface area contributed by atoms with Crippen molar-refractivity contribution in [2.45, 2.75) is 119 Å². The molecule has 0 unspecified atom stereocenters. The Hall–Kier alpha value is -1.75. The second kappa shape index (κ2) is 24.6. The van der Waals surface area contributed by atoms with Crippen molar-refractivity contribution in [2.75, 3.05) is 0 Å². The van der Waals surface area contributed by atoms with Crippen LogP contribution in [0.25, 0.3) is 0 Å². The first-order valence-electron chi connectivity index (χ1n) is 12.8. The fourth-order valence-corrected chi connectivity index (χ4v) is 3.36. The van der Waals surface area contributed by atoms with E-state index in [9.17, 15) is 39.0 Å². The minimum atomic E-state index is -1.57. The van der Waals surface area contributed by atoms with E-state index in [0.717, 1.165) is 0 Å². The van der Waals surface area contributed by atoms with Gasteiger partial charge in [0.05, 0.1) is 11.9 Å². The van der Waals surface area contributed by atoms with Crippen molar-refractivity contribution in [2.24, 2.45) is 11.8 Å². The van der Waals surface area contributed by atoms with Crippen LogP contribution in [0.15, 0.2) is 0 Å². The maximum Gasteiger partial charge on any atom is 0.148 e. The minimum absolute atomic E-state index is 0.119. The fraction of sp³-hybridized carbons (Fsp3) is 0.769. The van der Waals surface area contributed by atoms with Crippen LogP contribution >= 0.6 is 0 Å². The van der Waals surface area contributed by atoms with Crippen LogP contribution in [-0.2, 0) is 55.3 Å². The molecule has 0 heterocycles. The molecule has 0 aliphatic carbocycles. The van der Waals surface area contributed by atoms with Gasteiger partial charge in [0.25, 0.3) is 0 Å². The zero-order chi connectivity index (χ0) is 29.6. The molecule has 0 aromatic heterocycles. The van der Waals surface area contributed by atoms with Crippen LogP contribution in [0.3, 0.4) is 0 Å². The molecule has 0 radical (unpaired) electrons. The third kappa shape index (κ3) is 22.0. The number of Topliss-reactive ketones (excluding diaryl/α,β-unsaturated/α-hetero) is 4. The SMILES string of the molecule is CC(C)[O][Ti+2][O]C(C)C.CCCC(=O)C(C(=O)[O-])C(=O)CCC.CCCC(=O)C(C(=O)[O-])C(=O)CCC. The molecule has 0 amide bonds. The number of carboxylic acid groups (broad SMARTS) is 2. The Morgan fingerprint density at radius 3 is 0.892 bits per heavy atom. The average molecular weight is 564 g/mol. The number of ketones is 4. The average Bonchev–Trinajstić information content (AvgIpc) is 2.74. The molecular formula is C26H44O10Ti. The Morgan fingerprint density at radius 2 is 0.757 bits per heavy atom. The van der Waals surface area contributed by atoms with Crippen molar-refractivity contribution in [1.82, 2.24) is 0 Å². The van der Waals surface area contributed by atoms with Gasteiger partial charge in [0, 0.05) is 25.7 Å². The largest absolute Gasteiger partial charge is 0.549 e. The molecule has 0 aliphatic rings. The van der Waals surface area contributed by atoms with Crippen LogP contribution < -0.4 is 10.2 Å². The van der Waals surface area contributed by atoms with Crippen LogP contribution in [0.2, 0.25) is 0 Å². The summed E-state index contributed by atoms with van der Waals surface area (Å²) in [6.45, 7) is 15.1. The van der Waals surface area contributed by atoms with Crippen molar-refractivity contribution >= 4 is 35.1 Å². The van der Waals surface area contributed by atoms with E-state index in [-0.39, 0.29) is 25.7 Å². The second-order valence-corrected chi connectivity index (χ2v) is 9.78. The molecule has 0 saturated carbocycles. The molecule has 37 heavy (non-hydrogen) atoms. The topological polar surface area (TPSA) is 167 Å². The third-order valence-corrected chi connectivity index (χ3v) is 6.09. The first kappa shape index (κ1) is 39.8. The zero-order valence-corrected chi connectivity index (χ0v) is 25.1. The van der Waals surface area contributed by atoms with Gasteiger partial charge in [-0.15, -0.1) is 0 Å². The Morgan fingerprint density at radius 1 is 0.541 bits per heavy atom. The summed E-state index contributed by atoms with van der Waals surface area (Å²) in [6, 6.07) is 0. The molecule has 0 rings (SSSR count). The second-order valence-electron chi connectivity index (χ2n) is 8.79. The summed E-state index contributed by atoms with van der Waals surface area (Å²) in [5, 5.41) is 21.2. The van der Waals surface area contributed by atoms with Crippen molar-refractivity contribution < 1.29 is 65.5 Å². The summed E-state index contributed by atoms with van der Waals surface area (Å²) in [4.78, 5) is 66.2. The van der Waals surface area contributed by atoms with E-state index in [4.69, 9.17) is 6.64 Å².